The molecule has 4 nitrogen and oxygen atoms in total. The molecule has 3 rings (SSSR count). The fourth-order valence-electron chi connectivity index (χ4n) is 3.77. The summed E-state index contributed by atoms with van der Waals surface area (Å²) < 4.78 is 11.3. The molecule has 0 atom stereocenters. The Bertz CT molecular complexity index is 728. The molecule has 0 unspecified atom stereocenters. The second-order valence-corrected chi connectivity index (χ2v) is 7.06. The Morgan fingerprint density at radius 1 is 1.12 bits per heavy atom. The molecule has 2 aromatic rings. The fourth-order valence-corrected chi connectivity index (χ4v) is 3.77. The maximum Gasteiger partial charge on any atom is 0.234 e. The smallest absolute Gasteiger partial charge is 0.234 e. The first kappa shape index (κ1) is 18.0. The van der Waals surface area contributed by atoms with Crippen molar-refractivity contribution in [3.63, 3.8) is 0 Å². The van der Waals surface area contributed by atoms with E-state index in [0.29, 0.717) is 29.2 Å². The van der Waals surface area contributed by atoms with Gasteiger partial charge in [-0.05, 0) is 43.2 Å². The van der Waals surface area contributed by atoms with Crippen LogP contribution in [0.25, 0.3) is 11.0 Å². The van der Waals surface area contributed by atoms with Crippen LogP contribution >= 0.6 is 0 Å². The van der Waals surface area contributed by atoms with Crippen LogP contribution in [0.3, 0.4) is 0 Å². The average molecular weight is 344 g/mol. The van der Waals surface area contributed by atoms with E-state index in [-0.39, 0.29) is 12.0 Å². The van der Waals surface area contributed by atoms with E-state index in [1.165, 1.54) is 38.4 Å². The highest BCUT2D eigenvalue weighted by atomic mass is 16.5. The van der Waals surface area contributed by atoms with Crippen molar-refractivity contribution in [2.75, 3.05) is 13.2 Å². The minimum Gasteiger partial charge on any atom is -0.487 e. The Kier molecular flexibility index (Phi) is 6.51. The van der Waals surface area contributed by atoms with Gasteiger partial charge < -0.3 is 14.3 Å². The van der Waals surface area contributed by atoms with Crippen LogP contribution in [0.15, 0.2) is 33.7 Å². The maximum absolute atomic E-state index is 12.9. The van der Waals surface area contributed by atoms with Gasteiger partial charge in [-0.15, -0.1) is 0 Å². The molecule has 0 amide bonds. The lowest BCUT2D eigenvalue weighted by Crippen LogP contribution is -2.14. The minimum atomic E-state index is -0.0604. The molecule has 4 heteroatoms. The summed E-state index contributed by atoms with van der Waals surface area (Å²) in [6, 6.07) is 5.88. The second kappa shape index (κ2) is 9.04. The molecule has 136 valence electrons. The van der Waals surface area contributed by atoms with Crippen LogP contribution in [0.5, 0.6) is 5.75 Å². The van der Waals surface area contributed by atoms with Crippen LogP contribution in [-0.4, -0.2) is 18.3 Å². The molecule has 0 aliphatic heterocycles. The molecule has 1 fully saturated rings. The normalized spacial score (nSPS) is 15.6. The molecule has 1 N–H and O–H groups in total. The van der Waals surface area contributed by atoms with Crippen molar-refractivity contribution in [2.24, 2.45) is 5.92 Å². The highest BCUT2D eigenvalue weighted by Gasteiger charge is 2.18. The molecule has 1 saturated carbocycles. The van der Waals surface area contributed by atoms with Crippen LogP contribution in [0, 0.1) is 5.92 Å². The van der Waals surface area contributed by atoms with Crippen molar-refractivity contribution >= 4 is 11.0 Å². The van der Waals surface area contributed by atoms with Crippen LogP contribution in [0.2, 0.25) is 0 Å². The standard InChI is InChI=1S/C21H28O4/c22-12-5-2-6-13-24-19-15-25-18-11-7-10-17(20(18)21(19)23)14-16-8-3-1-4-9-16/h7,10-11,15-16,22H,1-6,8-9,12-14H2. The van der Waals surface area contributed by atoms with E-state index in [4.69, 9.17) is 14.3 Å². The summed E-state index contributed by atoms with van der Waals surface area (Å²) in [5.74, 6) is 0.967. The first-order chi connectivity index (χ1) is 12.3. The van der Waals surface area contributed by atoms with Gasteiger partial charge >= 0.3 is 0 Å². The predicted molar refractivity (Wildman–Crippen MR) is 99.2 cm³/mol. The monoisotopic (exact) mass is 344 g/mol. The quantitative estimate of drug-likeness (QED) is 0.718. The number of ether oxygens (including phenoxy) is 1. The van der Waals surface area contributed by atoms with Crippen LogP contribution in [-0.2, 0) is 6.42 Å². The SMILES string of the molecule is O=c1c(OCCCCCO)coc2cccc(CC3CCCCC3)c12. The lowest BCUT2D eigenvalue weighted by Gasteiger charge is -2.22. The largest absolute Gasteiger partial charge is 0.487 e. The second-order valence-electron chi connectivity index (χ2n) is 7.06. The molecule has 0 radical (unpaired) electrons. The zero-order valence-corrected chi connectivity index (χ0v) is 14.8. The van der Waals surface area contributed by atoms with Crippen molar-refractivity contribution in [1.29, 1.82) is 0 Å². The number of unbranched alkanes of at least 4 members (excludes halogenated alkanes) is 2. The third kappa shape index (κ3) is 4.63. The Morgan fingerprint density at radius 3 is 2.76 bits per heavy atom. The van der Waals surface area contributed by atoms with Crippen LogP contribution < -0.4 is 10.2 Å². The number of fused-ring (bicyclic) bond motifs is 1. The van der Waals surface area contributed by atoms with Gasteiger partial charge in [-0.1, -0.05) is 44.2 Å². The van der Waals surface area contributed by atoms with Crippen molar-refractivity contribution < 1.29 is 14.3 Å². The predicted octanol–water partition coefficient (Wildman–Crippen LogP) is 4.46. The average Bonchev–Trinajstić information content (AvgIpc) is 2.64. The number of hydrogen-bond donors (Lipinski definition) is 1. The van der Waals surface area contributed by atoms with E-state index in [1.807, 2.05) is 12.1 Å². The van der Waals surface area contributed by atoms with E-state index in [1.54, 1.807) is 0 Å². The van der Waals surface area contributed by atoms with Gasteiger partial charge in [-0.2, -0.15) is 0 Å². The number of rotatable bonds is 8. The molecule has 1 aliphatic rings. The number of benzene rings is 1. The summed E-state index contributed by atoms with van der Waals surface area (Å²) in [6.07, 6.45) is 11.3. The topological polar surface area (TPSA) is 59.7 Å². The van der Waals surface area contributed by atoms with Crippen molar-refractivity contribution in [3.05, 3.63) is 40.2 Å². The number of hydrogen-bond acceptors (Lipinski definition) is 4. The summed E-state index contributed by atoms with van der Waals surface area (Å²) in [5.41, 5.74) is 1.67. The van der Waals surface area contributed by atoms with Crippen molar-refractivity contribution in [2.45, 2.75) is 57.8 Å². The summed E-state index contributed by atoms with van der Waals surface area (Å²) >= 11 is 0. The Labute approximate surface area is 148 Å². The van der Waals surface area contributed by atoms with Gasteiger partial charge in [-0.25, -0.2) is 0 Å². The molecule has 25 heavy (non-hydrogen) atoms. The minimum absolute atomic E-state index is 0.0604. The summed E-state index contributed by atoms with van der Waals surface area (Å²) in [5, 5.41) is 9.49. The highest BCUT2D eigenvalue weighted by molar-refractivity contribution is 5.81. The first-order valence-electron chi connectivity index (χ1n) is 9.56. The zero-order chi connectivity index (χ0) is 17.5. The Balaban J connectivity index is 1.78. The molecular formula is C21H28O4. The van der Waals surface area contributed by atoms with Gasteiger partial charge in [0.2, 0.25) is 11.2 Å². The first-order valence-corrected chi connectivity index (χ1v) is 9.56. The summed E-state index contributed by atoms with van der Waals surface area (Å²) in [4.78, 5) is 12.9. The Morgan fingerprint density at radius 2 is 1.96 bits per heavy atom. The van der Waals surface area contributed by atoms with E-state index >= 15 is 0 Å². The van der Waals surface area contributed by atoms with Gasteiger partial charge in [0.05, 0.1) is 12.0 Å². The lowest BCUT2D eigenvalue weighted by molar-refractivity contribution is 0.263. The van der Waals surface area contributed by atoms with Gasteiger partial charge in [0, 0.05) is 6.61 Å². The molecule has 1 aromatic carbocycles. The van der Waals surface area contributed by atoms with Gasteiger partial charge in [0.15, 0.2) is 0 Å². The molecular weight excluding hydrogens is 316 g/mol. The third-order valence-electron chi connectivity index (χ3n) is 5.15. The van der Waals surface area contributed by atoms with E-state index in [2.05, 4.69) is 6.07 Å². The van der Waals surface area contributed by atoms with E-state index in [9.17, 15) is 4.79 Å². The number of aliphatic hydroxyl groups is 1. The van der Waals surface area contributed by atoms with Gasteiger partial charge in [0.25, 0.3) is 0 Å². The molecule has 1 aliphatic carbocycles. The molecule has 1 aromatic heterocycles. The maximum atomic E-state index is 12.9. The summed E-state index contributed by atoms with van der Waals surface area (Å²) in [6.45, 7) is 0.670. The molecule has 0 bridgehead atoms. The molecule has 0 spiro atoms. The Hall–Kier alpha value is -1.81. The highest BCUT2D eigenvalue weighted by Crippen LogP contribution is 2.29. The van der Waals surface area contributed by atoms with Gasteiger partial charge in [-0.3, -0.25) is 4.79 Å². The lowest BCUT2D eigenvalue weighted by atomic mass is 9.84. The van der Waals surface area contributed by atoms with E-state index in [0.717, 1.165) is 31.2 Å². The molecule has 1 heterocycles. The van der Waals surface area contributed by atoms with Crippen LogP contribution in [0.1, 0.15) is 56.9 Å². The van der Waals surface area contributed by atoms with E-state index < -0.39 is 0 Å². The van der Waals surface area contributed by atoms with Crippen molar-refractivity contribution in [3.8, 4) is 5.75 Å². The van der Waals surface area contributed by atoms with Crippen LogP contribution in [0.4, 0.5) is 0 Å². The number of aliphatic hydroxyl groups excluding tert-OH is 1. The zero-order valence-electron chi connectivity index (χ0n) is 14.8. The third-order valence-corrected chi connectivity index (χ3v) is 5.15. The van der Waals surface area contributed by atoms with Gasteiger partial charge in [0.1, 0.15) is 11.8 Å². The summed E-state index contributed by atoms with van der Waals surface area (Å²) in [7, 11) is 0. The van der Waals surface area contributed by atoms with Crippen molar-refractivity contribution in [1.82, 2.24) is 0 Å². The fraction of sp³-hybridized carbons (Fsp3) is 0.571. The molecule has 0 saturated heterocycles.